The molecule has 104 valence electrons. The molecule has 1 unspecified atom stereocenters. The van der Waals surface area contributed by atoms with E-state index in [0.717, 1.165) is 32.1 Å². The SMILES string of the molecule is Cc1cc2c(cc1C)C(C)(C)C(N1CCOCC1)O2. The number of ether oxygens (including phenoxy) is 2. The maximum absolute atomic E-state index is 6.27. The van der Waals surface area contributed by atoms with Crippen LogP contribution < -0.4 is 4.74 Å². The molecule has 2 aliphatic heterocycles. The Hall–Kier alpha value is -1.06. The predicted octanol–water partition coefficient (Wildman–Crippen LogP) is 2.63. The van der Waals surface area contributed by atoms with Gasteiger partial charge < -0.3 is 9.47 Å². The first-order valence-electron chi connectivity index (χ1n) is 7.10. The highest BCUT2D eigenvalue weighted by Crippen LogP contribution is 2.45. The Bertz CT molecular complexity index is 490. The Morgan fingerprint density at radius 1 is 1.11 bits per heavy atom. The molecule has 1 fully saturated rings. The molecule has 1 atom stereocenters. The van der Waals surface area contributed by atoms with Crippen LogP contribution in [0.15, 0.2) is 12.1 Å². The minimum absolute atomic E-state index is 0.0329. The van der Waals surface area contributed by atoms with Crippen molar-refractivity contribution in [3.05, 3.63) is 28.8 Å². The Kier molecular flexibility index (Phi) is 3.06. The fourth-order valence-electron chi connectivity index (χ4n) is 3.13. The summed E-state index contributed by atoms with van der Waals surface area (Å²) in [4.78, 5) is 2.41. The Morgan fingerprint density at radius 2 is 1.74 bits per heavy atom. The molecule has 3 heteroatoms. The summed E-state index contributed by atoms with van der Waals surface area (Å²) in [7, 11) is 0. The maximum Gasteiger partial charge on any atom is 0.162 e. The van der Waals surface area contributed by atoms with Crippen molar-refractivity contribution in [1.29, 1.82) is 0 Å². The number of hydrogen-bond donors (Lipinski definition) is 0. The molecule has 2 aliphatic rings. The number of nitrogens with zero attached hydrogens (tertiary/aromatic N) is 1. The standard InChI is InChI=1S/C16H23NO2/c1-11-9-13-14(10-12(11)2)19-15(16(13,3)4)17-5-7-18-8-6-17/h9-10,15H,5-8H2,1-4H3. The van der Waals surface area contributed by atoms with Crippen molar-refractivity contribution in [1.82, 2.24) is 4.90 Å². The van der Waals surface area contributed by atoms with Crippen LogP contribution >= 0.6 is 0 Å². The fraction of sp³-hybridized carbons (Fsp3) is 0.625. The molecule has 0 bridgehead atoms. The van der Waals surface area contributed by atoms with Gasteiger partial charge in [0.1, 0.15) is 5.75 Å². The summed E-state index contributed by atoms with van der Waals surface area (Å²) in [6.45, 7) is 12.4. The zero-order valence-electron chi connectivity index (χ0n) is 12.3. The lowest BCUT2D eigenvalue weighted by atomic mass is 9.82. The molecule has 0 spiro atoms. The van der Waals surface area contributed by atoms with Gasteiger partial charge in [-0.3, -0.25) is 4.90 Å². The van der Waals surface area contributed by atoms with Gasteiger partial charge in [0.15, 0.2) is 6.23 Å². The average Bonchev–Trinajstić information content (AvgIpc) is 2.64. The van der Waals surface area contributed by atoms with Crippen molar-refractivity contribution >= 4 is 0 Å². The molecule has 2 heterocycles. The van der Waals surface area contributed by atoms with Crippen LogP contribution in [-0.4, -0.2) is 37.4 Å². The predicted molar refractivity (Wildman–Crippen MR) is 75.8 cm³/mol. The minimum Gasteiger partial charge on any atom is -0.474 e. The Morgan fingerprint density at radius 3 is 2.42 bits per heavy atom. The second-order valence-corrected chi connectivity index (χ2v) is 6.27. The van der Waals surface area contributed by atoms with Crippen LogP contribution in [0.25, 0.3) is 0 Å². The van der Waals surface area contributed by atoms with Crippen molar-refractivity contribution in [2.75, 3.05) is 26.3 Å². The molecule has 0 radical (unpaired) electrons. The largest absolute Gasteiger partial charge is 0.474 e. The number of aryl methyl sites for hydroxylation is 2. The van der Waals surface area contributed by atoms with Crippen LogP contribution in [0.3, 0.4) is 0 Å². The molecule has 1 aromatic rings. The Balaban J connectivity index is 1.95. The molecule has 0 saturated carbocycles. The van der Waals surface area contributed by atoms with Crippen LogP contribution in [0.2, 0.25) is 0 Å². The van der Waals surface area contributed by atoms with E-state index in [4.69, 9.17) is 9.47 Å². The normalized spacial score (nSPS) is 26.0. The quantitative estimate of drug-likeness (QED) is 0.775. The third-order valence-corrected chi connectivity index (χ3v) is 4.52. The second-order valence-electron chi connectivity index (χ2n) is 6.27. The van der Waals surface area contributed by atoms with Crippen LogP contribution in [-0.2, 0) is 10.2 Å². The summed E-state index contributed by atoms with van der Waals surface area (Å²) in [5.74, 6) is 1.06. The first-order valence-corrected chi connectivity index (χ1v) is 7.10. The van der Waals surface area contributed by atoms with E-state index >= 15 is 0 Å². The number of morpholine rings is 1. The van der Waals surface area contributed by atoms with Crippen LogP contribution in [0.1, 0.15) is 30.5 Å². The van der Waals surface area contributed by atoms with Crippen molar-refractivity contribution in [3.63, 3.8) is 0 Å². The van der Waals surface area contributed by atoms with Crippen molar-refractivity contribution in [2.45, 2.75) is 39.3 Å². The Labute approximate surface area is 115 Å². The second kappa shape index (κ2) is 4.50. The fourth-order valence-corrected chi connectivity index (χ4v) is 3.13. The smallest absolute Gasteiger partial charge is 0.162 e. The first kappa shape index (κ1) is 12.9. The average molecular weight is 261 g/mol. The minimum atomic E-state index is 0.0329. The number of rotatable bonds is 1. The van der Waals surface area contributed by atoms with E-state index in [9.17, 15) is 0 Å². The molecule has 1 aromatic carbocycles. The van der Waals surface area contributed by atoms with Gasteiger partial charge in [-0.05, 0) is 31.0 Å². The third kappa shape index (κ3) is 2.05. The van der Waals surface area contributed by atoms with Gasteiger partial charge >= 0.3 is 0 Å². The van der Waals surface area contributed by atoms with Gasteiger partial charge in [-0.1, -0.05) is 19.9 Å². The molecule has 19 heavy (non-hydrogen) atoms. The number of hydrogen-bond acceptors (Lipinski definition) is 3. The molecule has 0 amide bonds. The molecular formula is C16H23NO2. The van der Waals surface area contributed by atoms with Gasteiger partial charge in [0.05, 0.1) is 13.2 Å². The summed E-state index contributed by atoms with van der Waals surface area (Å²) in [6.07, 6.45) is 0.132. The number of fused-ring (bicyclic) bond motifs is 1. The first-order chi connectivity index (χ1) is 9.00. The van der Waals surface area contributed by atoms with Crippen molar-refractivity contribution in [3.8, 4) is 5.75 Å². The summed E-state index contributed by atoms with van der Waals surface area (Å²) >= 11 is 0. The maximum atomic E-state index is 6.27. The van der Waals surface area contributed by atoms with Gasteiger partial charge in [-0.15, -0.1) is 0 Å². The summed E-state index contributed by atoms with van der Waals surface area (Å²) in [6, 6.07) is 4.48. The van der Waals surface area contributed by atoms with Crippen molar-refractivity contribution in [2.24, 2.45) is 0 Å². The molecule has 0 aromatic heterocycles. The van der Waals surface area contributed by atoms with Gasteiger partial charge in [0, 0.05) is 24.1 Å². The molecule has 3 rings (SSSR count). The molecule has 0 N–H and O–H groups in total. The van der Waals surface area contributed by atoms with E-state index in [1.54, 1.807) is 0 Å². The summed E-state index contributed by atoms with van der Waals surface area (Å²) in [5.41, 5.74) is 4.02. The third-order valence-electron chi connectivity index (χ3n) is 4.52. The van der Waals surface area contributed by atoms with Gasteiger partial charge in [0.2, 0.25) is 0 Å². The topological polar surface area (TPSA) is 21.7 Å². The van der Waals surface area contributed by atoms with E-state index in [1.807, 2.05) is 0 Å². The highest BCUT2D eigenvalue weighted by molar-refractivity contribution is 5.49. The summed E-state index contributed by atoms with van der Waals surface area (Å²) < 4.78 is 11.7. The van der Waals surface area contributed by atoms with E-state index in [0.29, 0.717) is 0 Å². The lowest BCUT2D eigenvalue weighted by Crippen LogP contribution is -2.52. The zero-order valence-corrected chi connectivity index (χ0v) is 12.3. The summed E-state index contributed by atoms with van der Waals surface area (Å²) in [5, 5.41) is 0. The highest BCUT2D eigenvalue weighted by atomic mass is 16.5. The van der Waals surface area contributed by atoms with E-state index in [2.05, 4.69) is 44.7 Å². The van der Waals surface area contributed by atoms with E-state index in [-0.39, 0.29) is 11.6 Å². The monoisotopic (exact) mass is 261 g/mol. The molecule has 0 aliphatic carbocycles. The van der Waals surface area contributed by atoms with Gasteiger partial charge in [-0.25, -0.2) is 0 Å². The molecule has 3 nitrogen and oxygen atoms in total. The van der Waals surface area contributed by atoms with Crippen LogP contribution in [0, 0.1) is 13.8 Å². The lowest BCUT2D eigenvalue weighted by molar-refractivity contribution is -0.0612. The van der Waals surface area contributed by atoms with Crippen LogP contribution in [0.5, 0.6) is 5.75 Å². The number of benzene rings is 1. The van der Waals surface area contributed by atoms with Crippen LogP contribution in [0.4, 0.5) is 0 Å². The van der Waals surface area contributed by atoms with Crippen molar-refractivity contribution < 1.29 is 9.47 Å². The van der Waals surface area contributed by atoms with Gasteiger partial charge in [0.25, 0.3) is 0 Å². The van der Waals surface area contributed by atoms with E-state index < -0.39 is 0 Å². The molecule has 1 saturated heterocycles. The van der Waals surface area contributed by atoms with E-state index in [1.165, 1.54) is 16.7 Å². The highest BCUT2D eigenvalue weighted by Gasteiger charge is 2.45. The lowest BCUT2D eigenvalue weighted by Gasteiger charge is -2.38. The van der Waals surface area contributed by atoms with Gasteiger partial charge in [-0.2, -0.15) is 0 Å². The molecular weight excluding hydrogens is 238 g/mol. The zero-order chi connectivity index (χ0) is 13.6.